The third-order valence-corrected chi connectivity index (χ3v) is 27.0. The van der Waals surface area contributed by atoms with Gasteiger partial charge in [-0.05, 0) is 19.6 Å². The highest BCUT2D eigenvalue weighted by atomic mass is 28.6. The molecule has 2 aliphatic heterocycles. The minimum absolute atomic E-state index is 0.0282. The molecule has 162 valence electrons. The van der Waals surface area contributed by atoms with Crippen molar-refractivity contribution in [3.05, 3.63) is 25.3 Å². The molecule has 3 N–H and O–H groups in total. The summed E-state index contributed by atoms with van der Waals surface area (Å²) in [5.74, 6) is 0. The second-order valence-electron chi connectivity index (χ2n) is 7.55. The molecular weight excluding hydrogens is 473 g/mol. The van der Waals surface area contributed by atoms with Crippen LogP contribution in [0.5, 0.6) is 0 Å². The third-order valence-electron chi connectivity index (χ3n) is 3.73. The molecule has 28 heavy (non-hydrogen) atoms. The molecule has 2 rings (SSSR count). The van der Waals surface area contributed by atoms with E-state index in [1.807, 2.05) is 0 Å². The molecule has 0 radical (unpaired) electrons. The van der Waals surface area contributed by atoms with Crippen molar-refractivity contribution in [3.8, 4) is 0 Å². The van der Waals surface area contributed by atoms with E-state index in [2.05, 4.69) is 13.2 Å². The van der Waals surface area contributed by atoms with Crippen molar-refractivity contribution in [2.75, 3.05) is 6.23 Å². The van der Waals surface area contributed by atoms with Gasteiger partial charge in [0, 0.05) is 25.2 Å². The molecule has 5 atom stereocenters. The van der Waals surface area contributed by atoms with Gasteiger partial charge in [-0.3, -0.25) is 0 Å². The first-order chi connectivity index (χ1) is 12.6. The van der Waals surface area contributed by atoms with Crippen LogP contribution in [0.1, 0.15) is 0 Å². The van der Waals surface area contributed by atoms with Crippen LogP contribution in [-0.4, -0.2) is 73.3 Å². The Bertz CT molecular complexity index is 624. The summed E-state index contributed by atoms with van der Waals surface area (Å²) in [5.41, 5.74) is 0. The number of aliphatic hydroxyl groups excluding tert-OH is 1. The van der Waals surface area contributed by atoms with E-state index < -0.39 is 58.6 Å². The second-order valence-corrected chi connectivity index (χ2v) is 25.8. The predicted molar refractivity (Wildman–Crippen MR) is 113 cm³/mol. The molecule has 0 saturated carbocycles. The summed E-state index contributed by atoms with van der Waals surface area (Å²) in [4.78, 5) is 21.9. The Hall–Kier alpha value is 0.381. The maximum absolute atomic E-state index is 11.1. The molecule has 2 heterocycles. The highest BCUT2D eigenvalue weighted by Crippen LogP contribution is 2.39. The lowest BCUT2D eigenvalue weighted by atomic mass is 10.8. The molecule has 0 spiro atoms. The van der Waals surface area contributed by atoms with Crippen LogP contribution < -0.4 is 0 Å². The molecular formula is C12H30O10Si6. The van der Waals surface area contributed by atoms with Gasteiger partial charge in [0.1, 0.15) is 0 Å². The second kappa shape index (κ2) is 8.14. The molecule has 2 saturated heterocycles. The summed E-state index contributed by atoms with van der Waals surface area (Å²) in [6.07, 6.45) is 2.53. The number of aliphatic hydroxyl groups is 1. The number of hydrogen-bond donors (Lipinski definition) is 3. The molecule has 0 amide bonds. The monoisotopic (exact) mass is 502 g/mol. The van der Waals surface area contributed by atoms with Gasteiger partial charge in [0.15, 0.2) is 0 Å². The molecule has 10 nitrogen and oxygen atoms in total. The molecule has 0 aromatic carbocycles. The summed E-state index contributed by atoms with van der Waals surface area (Å²) in [5, 5.41) is 9.98. The minimum atomic E-state index is -3.89. The number of rotatable bonds is 5. The Morgan fingerprint density at radius 1 is 0.750 bits per heavy atom. The van der Waals surface area contributed by atoms with Crippen LogP contribution in [0.3, 0.4) is 0 Å². The van der Waals surface area contributed by atoms with Crippen molar-refractivity contribution in [2.45, 2.75) is 44.8 Å². The van der Waals surface area contributed by atoms with Gasteiger partial charge in [0.05, 0.1) is 6.23 Å². The normalized spacial score (nSPS) is 46.6. The average Bonchev–Trinajstić information content (AvgIpc) is 2.40. The van der Waals surface area contributed by atoms with Gasteiger partial charge >= 0.3 is 52.3 Å². The van der Waals surface area contributed by atoms with Crippen LogP contribution in [-0.2, 0) is 28.8 Å². The average molecular weight is 503 g/mol. The van der Waals surface area contributed by atoms with Crippen LogP contribution in [0.2, 0.25) is 44.8 Å². The first kappa shape index (κ1) is 24.6. The van der Waals surface area contributed by atoms with E-state index >= 15 is 0 Å². The SMILES string of the molecule is C=CC[Si]1(O)O[Si](C)(CO)O[Si]2(CC=C)O[Si](C)(O)O[Si](C)(C)O[Si](C)(O1)O2. The van der Waals surface area contributed by atoms with Gasteiger partial charge in [0.2, 0.25) is 0 Å². The largest absolute Gasteiger partial charge is 0.485 e. The summed E-state index contributed by atoms with van der Waals surface area (Å²) < 4.78 is 42.5. The van der Waals surface area contributed by atoms with Crippen LogP contribution in [0.15, 0.2) is 25.3 Å². The molecule has 0 aliphatic carbocycles. The maximum atomic E-state index is 11.1. The first-order valence-electron chi connectivity index (χ1n) is 8.81. The van der Waals surface area contributed by atoms with Gasteiger partial charge in [0.25, 0.3) is 0 Å². The van der Waals surface area contributed by atoms with Crippen LogP contribution in [0.4, 0.5) is 0 Å². The lowest BCUT2D eigenvalue weighted by Gasteiger charge is -2.51. The van der Waals surface area contributed by atoms with Crippen molar-refractivity contribution < 1.29 is 43.5 Å². The van der Waals surface area contributed by atoms with E-state index in [-0.39, 0.29) is 12.1 Å². The molecule has 2 fully saturated rings. The summed E-state index contributed by atoms with van der Waals surface area (Å²) in [6.45, 7) is 15.5. The smallest absolute Gasteiger partial charge is 0.395 e. The minimum Gasteiger partial charge on any atom is -0.395 e. The third kappa shape index (κ3) is 5.96. The van der Waals surface area contributed by atoms with Gasteiger partial charge < -0.3 is 43.5 Å². The van der Waals surface area contributed by atoms with E-state index in [1.54, 1.807) is 26.2 Å². The highest BCUT2D eigenvalue weighted by Gasteiger charge is 2.67. The Kier molecular flexibility index (Phi) is 7.17. The topological polar surface area (TPSA) is 125 Å². The van der Waals surface area contributed by atoms with Gasteiger partial charge in [-0.15, -0.1) is 13.2 Å². The molecule has 0 aromatic rings. The summed E-state index contributed by atoms with van der Waals surface area (Å²) >= 11 is 0. The van der Waals surface area contributed by atoms with E-state index in [0.29, 0.717) is 0 Å². The number of hydrogen-bond acceptors (Lipinski definition) is 10. The fraction of sp³-hybridized carbons (Fsp3) is 0.667. The van der Waals surface area contributed by atoms with Gasteiger partial charge in [-0.25, -0.2) is 0 Å². The van der Waals surface area contributed by atoms with Crippen LogP contribution in [0.25, 0.3) is 0 Å². The van der Waals surface area contributed by atoms with E-state index in [4.69, 9.17) is 28.8 Å². The molecule has 16 heteroatoms. The van der Waals surface area contributed by atoms with Crippen molar-refractivity contribution >= 4 is 52.3 Å². The zero-order valence-corrected chi connectivity index (χ0v) is 22.9. The van der Waals surface area contributed by atoms with Crippen LogP contribution >= 0.6 is 0 Å². The highest BCUT2D eigenvalue weighted by molar-refractivity contribution is 6.95. The van der Waals surface area contributed by atoms with E-state index in [9.17, 15) is 14.7 Å². The zero-order valence-electron chi connectivity index (χ0n) is 16.9. The number of fused-ring (bicyclic) bond motifs is 2. The van der Waals surface area contributed by atoms with E-state index in [0.717, 1.165) is 0 Å². The molecule has 2 aliphatic rings. The van der Waals surface area contributed by atoms with Crippen molar-refractivity contribution in [1.82, 2.24) is 0 Å². The van der Waals surface area contributed by atoms with Crippen molar-refractivity contribution in [2.24, 2.45) is 0 Å². The Morgan fingerprint density at radius 3 is 1.89 bits per heavy atom. The summed E-state index contributed by atoms with van der Waals surface area (Å²) in [7, 11) is -21.4. The standard InChI is InChI=1S/C12H30O10Si6/c1-8-10-27(15)18-24(5,12-13)19-28(11-9-2)20-25(6,14)16-23(3,4)17-26(7,21-27)22-28/h8-9,13-15H,1-2,10-12H2,3-7H3. The number of allylic oxidation sites excluding steroid dienone is 2. The summed E-state index contributed by atoms with van der Waals surface area (Å²) in [6, 6.07) is 0.143. The van der Waals surface area contributed by atoms with Gasteiger partial charge in [-0.1, -0.05) is 12.2 Å². The fourth-order valence-corrected chi connectivity index (χ4v) is 31.0. The maximum Gasteiger partial charge on any atom is 0.485 e. The van der Waals surface area contributed by atoms with Gasteiger partial charge in [-0.2, -0.15) is 0 Å². The predicted octanol–water partition coefficient (Wildman–Crippen LogP) is 0.807. The Balaban J connectivity index is 2.62. The molecule has 0 aromatic heterocycles. The fourth-order valence-electron chi connectivity index (χ4n) is 3.27. The zero-order chi connectivity index (χ0) is 21.5. The first-order valence-corrected chi connectivity index (χ1v) is 22.5. The van der Waals surface area contributed by atoms with Crippen molar-refractivity contribution in [3.63, 3.8) is 0 Å². The van der Waals surface area contributed by atoms with Crippen molar-refractivity contribution in [1.29, 1.82) is 0 Å². The van der Waals surface area contributed by atoms with E-state index in [1.165, 1.54) is 18.7 Å². The molecule has 5 unspecified atom stereocenters. The molecule has 2 bridgehead atoms. The van der Waals surface area contributed by atoms with Crippen LogP contribution in [0, 0.1) is 0 Å². The quantitative estimate of drug-likeness (QED) is 0.367. The Labute approximate surface area is 172 Å². The lowest BCUT2D eigenvalue weighted by Crippen LogP contribution is -2.76. The Morgan fingerprint density at radius 2 is 1.36 bits per heavy atom. The lowest BCUT2D eigenvalue weighted by molar-refractivity contribution is 0.0664.